The fraction of sp³-hybridized carbons (Fsp3) is 0.312. The molecule has 19 heavy (non-hydrogen) atoms. The Labute approximate surface area is 112 Å². The van der Waals surface area contributed by atoms with Gasteiger partial charge in [0.15, 0.2) is 5.76 Å². The summed E-state index contributed by atoms with van der Waals surface area (Å²) in [6, 6.07) is 9.75. The Kier molecular flexibility index (Phi) is 2.99. The van der Waals surface area contributed by atoms with Crippen molar-refractivity contribution in [2.75, 3.05) is 6.61 Å². The molecule has 0 radical (unpaired) electrons. The second-order valence-electron chi connectivity index (χ2n) is 5.03. The molecule has 0 amide bonds. The number of aliphatic hydroxyl groups is 1. The summed E-state index contributed by atoms with van der Waals surface area (Å²) in [6.45, 7) is 0.572. The molecule has 98 valence electrons. The topological polar surface area (TPSA) is 46.5 Å². The van der Waals surface area contributed by atoms with Gasteiger partial charge in [0.1, 0.15) is 5.60 Å². The Morgan fingerprint density at radius 2 is 2.05 bits per heavy atom. The third kappa shape index (κ3) is 2.22. The van der Waals surface area contributed by atoms with Gasteiger partial charge in [0.2, 0.25) is 5.78 Å². The van der Waals surface area contributed by atoms with Gasteiger partial charge in [0.05, 0.1) is 13.0 Å². The summed E-state index contributed by atoms with van der Waals surface area (Å²) < 4.78 is 5.40. The number of ether oxygens (including phenoxy) is 1. The van der Waals surface area contributed by atoms with Crippen LogP contribution in [0, 0.1) is 0 Å². The highest BCUT2D eigenvalue weighted by Crippen LogP contribution is 2.40. The van der Waals surface area contributed by atoms with E-state index >= 15 is 0 Å². The van der Waals surface area contributed by atoms with E-state index in [1.807, 2.05) is 36.4 Å². The number of Topliss-reactive ketones (excluding diaryl/α,β-unsaturated/α-hetero) is 1. The molecule has 0 spiro atoms. The Morgan fingerprint density at radius 1 is 1.26 bits per heavy atom. The van der Waals surface area contributed by atoms with E-state index in [9.17, 15) is 9.90 Å². The van der Waals surface area contributed by atoms with Crippen LogP contribution < -0.4 is 0 Å². The van der Waals surface area contributed by atoms with Crippen LogP contribution in [0.3, 0.4) is 0 Å². The minimum atomic E-state index is -1.16. The minimum Gasteiger partial charge on any atom is -0.490 e. The molecule has 0 bridgehead atoms. The maximum Gasteiger partial charge on any atom is 0.200 e. The lowest BCUT2D eigenvalue weighted by atomic mass is 9.90. The van der Waals surface area contributed by atoms with Crippen LogP contribution >= 0.6 is 0 Å². The largest absolute Gasteiger partial charge is 0.490 e. The predicted octanol–water partition coefficient (Wildman–Crippen LogP) is 2.47. The summed E-state index contributed by atoms with van der Waals surface area (Å²) in [5.41, 5.74) is 0.591. The van der Waals surface area contributed by atoms with E-state index < -0.39 is 5.60 Å². The van der Waals surface area contributed by atoms with Gasteiger partial charge in [0, 0.05) is 5.57 Å². The molecule has 2 aliphatic rings. The number of allylic oxidation sites excluding steroid dienone is 1. The summed E-state index contributed by atoms with van der Waals surface area (Å²) >= 11 is 0. The van der Waals surface area contributed by atoms with Crippen molar-refractivity contribution >= 4 is 11.9 Å². The molecule has 1 aromatic carbocycles. The van der Waals surface area contributed by atoms with Crippen molar-refractivity contribution in [1.82, 2.24) is 0 Å². The summed E-state index contributed by atoms with van der Waals surface area (Å²) in [5.74, 6) is 0.307. The smallest absolute Gasteiger partial charge is 0.200 e. The van der Waals surface area contributed by atoms with Crippen molar-refractivity contribution in [1.29, 1.82) is 0 Å². The average Bonchev–Trinajstić information content (AvgIpc) is 2.71. The molecule has 1 N–H and O–H groups in total. The number of hydrogen-bond acceptors (Lipinski definition) is 3. The van der Waals surface area contributed by atoms with Gasteiger partial charge < -0.3 is 9.84 Å². The van der Waals surface area contributed by atoms with Crippen LogP contribution in [-0.4, -0.2) is 23.1 Å². The zero-order valence-electron chi connectivity index (χ0n) is 10.6. The highest BCUT2D eigenvalue weighted by atomic mass is 16.5. The first-order valence-corrected chi connectivity index (χ1v) is 6.55. The average molecular weight is 256 g/mol. The SMILES string of the molecule is O=C1CC(O)(/C=C/c2ccccc2)C2=C1OCCC2. The molecule has 3 heteroatoms. The van der Waals surface area contributed by atoms with Crippen LogP contribution in [0.4, 0.5) is 0 Å². The van der Waals surface area contributed by atoms with Crippen LogP contribution in [0.1, 0.15) is 24.8 Å². The number of ketones is 1. The van der Waals surface area contributed by atoms with Gasteiger partial charge in [0.25, 0.3) is 0 Å². The van der Waals surface area contributed by atoms with E-state index in [0.717, 1.165) is 24.0 Å². The summed E-state index contributed by atoms with van der Waals surface area (Å²) in [7, 11) is 0. The van der Waals surface area contributed by atoms with Crippen LogP contribution in [0.15, 0.2) is 47.7 Å². The molecular formula is C16H16O3. The van der Waals surface area contributed by atoms with Gasteiger partial charge in [-0.25, -0.2) is 0 Å². The molecule has 1 atom stereocenters. The monoisotopic (exact) mass is 256 g/mol. The van der Waals surface area contributed by atoms with Gasteiger partial charge in [-0.2, -0.15) is 0 Å². The normalized spacial score (nSPS) is 26.7. The van der Waals surface area contributed by atoms with E-state index in [1.165, 1.54) is 0 Å². The highest BCUT2D eigenvalue weighted by Gasteiger charge is 2.44. The summed E-state index contributed by atoms with van der Waals surface area (Å²) in [6.07, 6.45) is 5.26. The Hall–Kier alpha value is -1.87. The molecule has 0 saturated carbocycles. The molecular weight excluding hydrogens is 240 g/mol. The van der Waals surface area contributed by atoms with Crippen LogP contribution in [-0.2, 0) is 9.53 Å². The third-order valence-electron chi connectivity index (χ3n) is 3.65. The molecule has 0 aromatic heterocycles. The maximum absolute atomic E-state index is 11.9. The Balaban J connectivity index is 1.90. The molecule has 1 aliphatic carbocycles. The molecule has 1 aliphatic heterocycles. The molecule has 0 fully saturated rings. The predicted molar refractivity (Wildman–Crippen MR) is 72.3 cm³/mol. The molecule has 1 heterocycles. The number of rotatable bonds is 2. The van der Waals surface area contributed by atoms with Crippen molar-refractivity contribution in [3.63, 3.8) is 0 Å². The zero-order chi connectivity index (χ0) is 13.3. The van der Waals surface area contributed by atoms with Crippen LogP contribution in [0.25, 0.3) is 6.08 Å². The van der Waals surface area contributed by atoms with Crippen LogP contribution in [0.2, 0.25) is 0 Å². The standard InChI is InChI=1S/C16H16O3/c17-14-11-16(18,13-7-4-10-19-15(13)14)9-8-12-5-2-1-3-6-12/h1-3,5-6,8-9,18H,4,7,10-11H2/b9-8+. The van der Waals surface area contributed by atoms with Crippen LogP contribution in [0.5, 0.6) is 0 Å². The molecule has 0 saturated heterocycles. The molecule has 1 aromatic rings. The number of benzene rings is 1. The molecule has 3 rings (SSSR count). The molecule has 1 unspecified atom stereocenters. The number of hydrogen-bond donors (Lipinski definition) is 1. The lowest BCUT2D eigenvalue weighted by Gasteiger charge is -2.24. The van der Waals surface area contributed by atoms with Gasteiger partial charge in [-0.3, -0.25) is 4.79 Å². The van der Waals surface area contributed by atoms with E-state index in [-0.39, 0.29) is 12.2 Å². The van der Waals surface area contributed by atoms with E-state index in [2.05, 4.69) is 0 Å². The first-order valence-electron chi connectivity index (χ1n) is 6.55. The van der Waals surface area contributed by atoms with Crippen molar-refractivity contribution in [2.24, 2.45) is 0 Å². The van der Waals surface area contributed by atoms with Crippen molar-refractivity contribution < 1.29 is 14.6 Å². The third-order valence-corrected chi connectivity index (χ3v) is 3.65. The lowest BCUT2D eigenvalue weighted by Crippen LogP contribution is -2.26. The van der Waals surface area contributed by atoms with E-state index in [0.29, 0.717) is 12.4 Å². The van der Waals surface area contributed by atoms with Crippen molar-refractivity contribution in [3.05, 3.63) is 53.3 Å². The number of carbonyl (C=O) groups is 1. The summed E-state index contributed by atoms with van der Waals surface area (Å²) in [5, 5.41) is 10.7. The first-order chi connectivity index (χ1) is 9.19. The molecule has 3 nitrogen and oxygen atoms in total. The second kappa shape index (κ2) is 4.67. The van der Waals surface area contributed by atoms with Gasteiger partial charge in [-0.1, -0.05) is 36.4 Å². The fourth-order valence-electron chi connectivity index (χ4n) is 2.68. The van der Waals surface area contributed by atoms with E-state index in [4.69, 9.17) is 4.74 Å². The summed E-state index contributed by atoms with van der Waals surface area (Å²) in [4.78, 5) is 11.9. The minimum absolute atomic E-state index is 0.0880. The highest BCUT2D eigenvalue weighted by molar-refractivity contribution is 5.99. The van der Waals surface area contributed by atoms with Gasteiger partial charge in [-0.05, 0) is 24.5 Å². The number of carbonyl (C=O) groups excluding carboxylic acids is 1. The van der Waals surface area contributed by atoms with Gasteiger partial charge >= 0.3 is 0 Å². The zero-order valence-corrected chi connectivity index (χ0v) is 10.6. The lowest BCUT2D eigenvalue weighted by molar-refractivity contribution is -0.119. The van der Waals surface area contributed by atoms with E-state index in [1.54, 1.807) is 6.08 Å². The van der Waals surface area contributed by atoms with Crippen molar-refractivity contribution in [2.45, 2.75) is 24.9 Å². The van der Waals surface area contributed by atoms with Gasteiger partial charge in [-0.15, -0.1) is 0 Å². The Morgan fingerprint density at radius 3 is 2.84 bits per heavy atom. The van der Waals surface area contributed by atoms with Crippen molar-refractivity contribution in [3.8, 4) is 0 Å². The second-order valence-corrected chi connectivity index (χ2v) is 5.03. The Bertz CT molecular complexity index is 557. The first kappa shape index (κ1) is 12.2. The quantitative estimate of drug-likeness (QED) is 0.884. The maximum atomic E-state index is 11.9. The fourth-order valence-corrected chi connectivity index (χ4v) is 2.68.